The van der Waals surface area contributed by atoms with Crippen LogP contribution in [0.5, 0.6) is 11.5 Å². The Hall–Kier alpha value is -2.80. The highest BCUT2D eigenvalue weighted by Crippen LogP contribution is 2.29. The maximum atomic E-state index is 12.2. The van der Waals surface area contributed by atoms with Crippen LogP contribution >= 0.6 is 11.8 Å². The van der Waals surface area contributed by atoms with Gasteiger partial charge in [-0.15, -0.1) is 11.8 Å². The zero-order valence-electron chi connectivity index (χ0n) is 13.1. The third-order valence-corrected chi connectivity index (χ3v) is 4.07. The lowest BCUT2D eigenvalue weighted by molar-refractivity contribution is -0.385. The topological polar surface area (TPSA) is 89.7 Å². The average Bonchev–Trinajstić information content (AvgIpc) is 2.59. The highest BCUT2D eigenvalue weighted by atomic mass is 32.2. The molecule has 0 amide bonds. The fraction of sp³-hybridized carbons (Fsp3) is 0.118. The summed E-state index contributed by atoms with van der Waals surface area (Å²) < 4.78 is 5.25. The Bertz CT molecular complexity index is 817. The first-order chi connectivity index (χ1) is 11.5. The third kappa shape index (κ3) is 3.94. The number of allylic oxidation sites excluding steroid dienone is 1. The average molecular weight is 345 g/mol. The summed E-state index contributed by atoms with van der Waals surface area (Å²) in [5.41, 5.74) is 0.491. The number of nitro benzene ring substituents is 1. The van der Waals surface area contributed by atoms with E-state index >= 15 is 0 Å². The summed E-state index contributed by atoms with van der Waals surface area (Å²) in [6, 6.07) is 9.06. The Morgan fingerprint density at radius 2 is 2.04 bits per heavy atom. The van der Waals surface area contributed by atoms with Crippen LogP contribution in [0.3, 0.4) is 0 Å². The van der Waals surface area contributed by atoms with Crippen LogP contribution in [-0.2, 0) is 0 Å². The molecule has 0 heterocycles. The van der Waals surface area contributed by atoms with E-state index in [9.17, 15) is 20.0 Å². The van der Waals surface area contributed by atoms with Crippen LogP contribution in [0.2, 0.25) is 0 Å². The van der Waals surface area contributed by atoms with Gasteiger partial charge < -0.3 is 9.84 Å². The quantitative estimate of drug-likeness (QED) is 0.280. The van der Waals surface area contributed by atoms with Gasteiger partial charge in [-0.1, -0.05) is 12.1 Å². The summed E-state index contributed by atoms with van der Waals surface area (Å²) >= 11 is 1.51. The number of nitro groups is 1. The molecule has 2 rings (SSSR count). The standard InChI is InChI=1S/C17H15NO5S/c1-23-16-10-12(5-8-17(16)24-2)14(19)6-3-11-4-7-15(20)13(9-11)18(21)22/h3-10,20H,1-2H3/b6-3+. The number of phenolic OH excluding ortho intramolecular Hbond substituents is 1. The van der Waals surface area contributed by atoms with Crippen molar-refractivity contribution in [3.63, 3.8) is 0 Å². The molecule has 2 aromatic carbocycles. The van der Waals surface area contributed by atoms with Crippen LogP contribution in [0.15, 0.2) is 47.4 Å². The number of methoxy groups -OCH3 is 1. The van der Waals surface area contributed by atoms with Crippen molar-refractivity contribution in [2.75, 3.05) is 13.4 Å². The normalized spacial score (nSPS) is 10.8. The van der Waals surface area contributed by atoms with Crippen molar-refractivity contribution in [3.8, 4) is 11.5 Å². The fourth-order valence-electron chi connectivity index (χ4n) is 2.05. The van der Waals surface area contributed by atoms with Crippen molar-refractivity contribution in [1.29, 1.82) is 0 Å². The molecule has 0 bridgehead atoms. The van der Waals surface area contributed by atoms with Gasteiger partial charge in [-0.2, -0.15) is 0 Å². The number of carbonyl (C=O) groups is 1. The number of aromatic hydroxyl groups is 1. The highest BCUT2D eigenvalue weighted by Gasteiger charge is 2.13. The van der Waals surface area contributed by atoms with Gasteiger partial charge in [0.05, 0.1) is 12.0 Å². The second-order valence-corrected chi connectivity index (χ2v) is 5.62. The number of nitrogens with zero attached hydrogens (tertiary/aromatic N) is 1. The number of carbonyl (C=O) groups excluding carboxylic acids is 1. The predicted octanol–water partition coefficient (Wildman–Crippen LogP) is 3.93. The summed E-state index contributed by atoms with van der Waals surface area (Å²) in [5, 5.41) is 20.2. The lowest BCUT2D eigenvalue weighted by Gasteiger charge is -2.07. The molecule has 0 unspecified atom stereocenters. The maximum Gasteiger partial charge on any atom is 0.311 e. The van der Waals surface area contributed by atoms with Gasteiger partial charge in [0.25, 0.3) is 0 Å². The molecule has 1 N–H and O–H groups in total. The molecule has 0 saturated heterocycles. The first-order valence-corrected chi connectivity index (χ1v) is 8.10. The van der Waals surface area contributed by atoms with E-state index in [1.54, 1.807) is 18.2 Å². The van der Waals surface area contributed by atoms with Gasteiger partial charge in [0.15, 0.2) is 11.5 Å². The molecule has 7 heteroatoms. The van der Waals surface area contributed by atoms with Crippen LogP contribution in [-0.4, -0.2) is 29.2 Å². The van der Waals surface area contributed by atoms with Crippen molar-refractivity contribution in [1.82, 2.24) is 0 Å². The lowest BCUT2D eigenvalue weighted by Crippen LogP contribution is -1.96. The SMILES string of the molecule is COc1cc(C(=O)/C=C/c2ccc(O)c([N+](=O)[O-])c2)ccc1SC. The van der Waals surface area contributed by atoms with Crippen LogP contribution in [0.25, 0.3) is 6.08 Å². The van der Waals surface area contributed by atoms with Gasteiger partial charge in [0.2, 0.25) is 0 Å². The molecule has 0 aliphatic rings. The minimum absolute atomic E-state index is 0.253. The van der Waals surface area contributed by atoms with Crippen LogP contribution in [0.1, 0.15) is 15.9 Å². The molecule has 0 aliphatic carbocycles. The molecule has 0 saturated carbocycles. The van der Waals surface area contributed by atoms with E-state index in [-0.39, 0.29) is 5.78 Å². The van der Waals surface area contributed by atoms with E-state index in [4.69, 9.17) is 4.74 Å². The van der Waals surface area contributed by atoms with Crippen molar-refractivity contribution < 1.29 is 19.6 Å². The number of benzene rings is 2. The molecular weight excluding hydrogens is 330 g/mol. The third-order valence-electron chi connectivity index (χ3n) is 3.29. The number of rotatable bonds is 6. The van der Waals surface area contributed by atoms with Crippen molar-refractivity contribution >= 4 is 29.3 Å². The van der Waals surface area contributed by atoms with Gasteiger partial charge in [-0.05, 0) is 42.2 Å². The van der Waals surface area contributed by atoms with Crippen molar-refractivity contribution in [2.24, 2.45) is 0 Å². The molecule has 124 valence electrons. The molecule has 0 fully saturated rings. The molecule has 24 heavy (non-hydrogen) atoms. The zero-order valence-corrected chi connectivity index (χ0v) is 13.9. The highest BCUT2D eigenvalue weighted by molar-refractivity contribution is 7.98. The molecule has 2 aromatic rings. The van der Waals surface area contributed by atoms with E-state index in [2.05, 4.69) is 0 Å². The Morgan fingerprint density at radius 3 is 2.67 bits per heavy atom. The first kappa shape index (κ1) is 17.6. The van der Waals surface area contributed by atoms with Gasteiger partial charge >= 0.3 is 5.69 Å². The van der Waals surface area contributed by atoms with Crippen LogP contribution in [0.4, 0.5) is 5.69 Å². The second-order valence-electron chi connectivity index (χ2n) is 4.77. The molecule has 0 spiro atoms. The zero-order chi connectivity index (χ0) is 17.7. The molecule has 6 nitrogen and oxygen atoms in total. The van der Waals surface area contributed by atoms with Gasteiger partial charge in [-0.3, -0.25) is 14.9 Å². The number of hydrogen-bond acceptors (Lipinski definition) is 6. The van der Waals surface area contributed by atoms with E-state index < -0.39 is 16.4 Å². The Morgan fingerprint density at radius 1 is 1.29 bits per heavy atom. The van der Waals surface area contributed by atoms with E-state index in [1.165, 1.54) is 49.2 Å². The summed E-state index contributed by atoms with van der Waals surface area (Å²) in [7, 11) is 1.54. The molecule has 0 aliphatic heterocycles. The van der Waals surface area contributed by atoms with Crippen molar-refractivity contribution in [3.05, 3.63) is 63.7 Å². The van der Waals surface area contributed by atoms with E-state index in [0.29, 0.717) is 16.9 Å². The van der Waals surface area contributed by atoms with Gasteiger partial charge in [-0.25, -0.2) is 0 Å². The number of thioether (sulfide) groups is 1. The van der Waals surface area contributed by atoms with Gasteiger partial charge in [0.1, 0.15) is 5.75 Å². The number of ketones is 1. The monoisotopic (exact) mass is 345 g/mol. The van der Waals surface area contributed by atoms with E-state index in [1.807, 2.05) is 6.26 Å². The van der Waals surface area contributed by atoms with Crippen LogP contribution < -0.4 is 4.74 Å². The lowest BCUT2D eigenvalue weighted by atomic mass is 10.1. The molecule has 0 aromatic heterocycles. The smallest absolute Gasteiger partial charge is 0.311 e. The Labute approximate surface area is 142 Å². The van der Waals surface area contributed by atoms with Gasteiger partial charge in [0, 0.05) is 16.5 Å². The Kier molecular flexibility index (Phi) is 5.59. The fourth-order valence-corrected chi connectivity index (χ4v) is 2.60. The number of ether oxygens (including phenoxy) is 1. The molecular formula is C17H15NO5S. The van der Waals surface area contributed by atoms with Crippen LogP contribution in [0, 0.1) is 10.1 Å². The van der Waals surface area contributed by atoms with Crippen molar-refractivity contribution in [2.45, 2.75) is 4.90 Å². The minimum atomic E-state index is -0.680. The molecule has 0 atom stereocenters. The maximum absolute atomic E-state index is 12.2. The molecule has 0 radical (unpaired) electrons. The number of phenols is 1. The predicted molar refractivity (Wildman–Crippen MR) is 92.9 cm³/mol. The Balaban J connectivity index is 2.25. The van der Waals surface area contributed by atoms with E-state index in [0.717, 1.165) is 4.90 Å². The largest absolute Gasteiger partial charge is 0.502 e. The number of hydrogen-bond donors (Lipinski definition) is 1. The summed E-state index contributed by atoms with van der Waals surface area (Å²) in [5.74, 6) is -0.0560. The second kappa shape index (κ2) is 7.65. The summed E-state index contributed by atoms with van der Waals surface area (Å²) in [6.45, 7) is 0. The summed E-state index contributed by atoms with van der Waals surface area (Å²) in [4.78, 5) is 23.3. The first-order valence-electron chi connectivity index (χ1n) is 6.88. The minimum Gasteiger partial charge on any atom is -0.502 e. The summed E-state index contributed by atoms with van der Waals surface area (Å²) in [6.07, 6.45) is 4.70.